The van der Waals surface area contributed by atoms with Crippen molar-refractivity contribution in [3.8, 4) is 0 Å². The number of sulfone groups is 1. The lowest BCUT2D eigenvalue weighted by Gasteiger charge is -2.39. The van der Waals surface area contributed by atoms with E-state index in [9.17, 15) is 8.42 Å². The predicted octanol–water partition coefficient (Wildman–Crippen LogP) is 1.69. The van der Waals surface area contributed by atoms with Crippen molar-refractivity contribution >= 4 is 9.84 Å². The van der Waals surface area contributed by atoms with E-state index in [1.165, 1.54) is 0 Å². The van der Waals surface area contributed by atoms with E-state index in [4.69, 9.17) is 0 Å². The lowest BCUT2D eigenvalue weighted by molar-refractivity contribution is 0.146. The van der Waals surface area contributed by atoms with Crippen LogP contribution >= 0.6 is 0 Å². The highest BCUT2D eigenvalue weighted by molar-refractivity contribution is 7.91. The average molecular weight is 247 g/mol. The summed E-state index contributed by atoms with van der Waals surface area (Å²) in [6, 6.07) is 0. The second-order valence-corrected chi connectivity index (χ2v) is 8.32. The molecular weight excluding hydrogens is 222 g/mol. The number of rotatable bonds is 3. The van der Waals surface area contributed by atoms with Crippen LogP contribution in [0.4, 0.5) is 0 Å². The van der Waals surface area contributed by atoms with Gasteiger partial charge in [-0.2, -0.15) is 0 Å². The highest BCUT2D eigenvalue weighted by Crippen LogP contribution is 2.37. The van der Waals surface area contributed by atoms with E-state index in [2.05, 4.69) is 26.1 Å². The van der Waals surface area contributed by atoms with Crippen LogP contribution in [0.15, 0.2) is 0 Å². The fraction of sp³-hybridized carbons (Fsp3) is 1.00. The fourth-order valence-electron chi connectivity index (χ4n) is 2.71. The summed E-state index contributed by atoms with van der Waals surface area (Å²) in [6.07, 6.45) is 1.68. The molecule has 1 atom stereocenters. The Kier molecular flexibility index (Phi) is 4.41. The van der Waals surface area contributed by atoms with Crippen LogP contribution in [0.3, 0.4) is 0 Å². The maximum atomic E-state index is 11.4. The van der Waals surface area contributed by atoms with Crippen LogP contribution in [0.25, 0.3) is 0 Å². The third-order valence-corrected chi connectivity index (χ3v) is 5.42. The van der Waals surface area contributed by atoms with Gasteiger partial charge in [-0.1, -0.05) is 20.8 Å². The topological polar surface area (TPSA) is 46.2 Å². The Hall–Kier alpha value is -0.0900. The Morgan fingerprint density at radius 3 is 2.12 bits per heavy atom. The van der Waals surface area contributed by atoms with E-state index in [1.54, 1.807) is 0 Å². The van der Waals surface area contributed by atoms with Gasteiger partial charge in [0.25, 0.3) is 0 Å². The van der Waals surface area contributed by atoms with Gasteiger partial charge in [0.2, 0.25) is 0 Å². The number of hydrogen-bond donors (Lipinski definition) is 1. The molecule has 0 aromatic carbocycles. The van der Waals surface area contributed by atoms with Gasteiger partial charge < -0.3 is 5.32 Å². The molecule has 1 aliphatic rings. The lowest BCUT2D eigenvalue weighted by Crippen LogP contribution is -2.39. The third kappa shape index (κ3) is 3.74. The molecule has 0 radical (unpaired) electrons. The van der Waals surface area contributed by atoms with E-state index >= 15 is 0 Å². The molecule has 1 unspecified atom stereocenters. The Bertz CT molecular complexity index is 302. The molecule has 0 spiro atoms. The second kappa shape index (κ2) is 5.05. The summed E-state index contributed by atoms with van der Waals surface area (Å²) in [6.45, 7) is 7.72. The molecule has 0 amide bonds. The largest absolute Gasteiger partial charge is 0.319 e. The van der Waals surface area contributed by atoms with E-state index in [1.807, 2.05) is 7.05 Å². The minimum Gasteiger partial charge on any atom is -0.319 e. The zero-order valence-electron chi connectivity index (χ0n) is 10.9. The van der Waals surface area contributed by atoms with Crippen molar-refractivity contribution in [2.75, 3.05) is 25.1 Å². The van der Waals surface area contributed by atoms with Gasteiger partial charge in [-0.05, 0) is 43.7 Å². The SMILES string of the molecule is CNCC(C1CCS(=O)(=O)CC1)C(C)(C)C. The predicted molar refractivity (Wildman–Crippen MR) is 68.2 cm³/mol. The molecule has 1 heterocycles. The van der Waals surface area contributed by atoms with Crippen molar-refractivity contribution in [1.29, 1.82) is 0 Å². The van der Waals surface area contributed by atoms with Crippen molar-refractivity contribution in [1.82, 2.24) is 5.32 Å². The molecule has 1 N–H and O–H groups in total. The zero-order chi connectivity index (χ0) is 12.4. The summed E-state index contributed by atoms with van der Waals surface area (Å²) >= 11 is 0. The standard InChI is InChI=1S/C12H25NO2S/c1-12(2,3)11(9-13-4)10-5-7-16(14,15)8-6-10/h10-11,13H,5-9H2,1-4H3. The third-order valence-electron chi connectivity index (χ3n) is 3.70. The number of hydrogen-bond acceptors (Lipinski definition) is 3. The molecule has 1 aliphatic heterocycles. The summed E-state index contributed by atoms with van der Waals surface area (Å²) < 4.78 is 22.8. The lowest BCUT2D eigenvalue weighted by atomic mass is 9.71. The van der Waals surface area contributed by atoms with Crippen LogP contribution in [-0.2, 0) is 9.84 Å². The highest BCUT2D eigenvalue weighted by Gasteiger charge is 2.35. The van der Waals surface area contributed by atoms with E-state index in [-0.39, 0.29) is 5.41 Å². The monoisotopic (exact) mass is 247 g/mol. The number of nitrogens with one attached hydrogen (secondary N) is 1. The first-order chi connectivity index (χ1) is 7.26. The van der Waals surface area contributed by atoms with Gasteiger partial charge in [0.15, 0.2) is 0 Å². The Morgan fingerprint density at radius 2 is 1.75 bits per heavy atom. The van der Waals surface area contributed by atoms with Crippen LogP contribution in [-0.4, -0.2) is 33.5 Å². The zero-order valence-corrected chi connectivity index (χ0v) is 11.7. The van der Waals surface area contributed by atoms with Gasteiger partial charge in [0.1, 0.15) is 9.84 Å². The molecule has 0 bridgehead atoms. The molecule has 0 aromatic rings. The van der Waals surface area contributed by atoms with Crippen molar-refractivity contribution in [3.05, 3.63) is 0 Å². The first-order valence-electron chi connectivity index (χ1n) is 6.11. The average Bonchev–Trinajstić information content (AvgIpc) is 2.13. The first-order valence-corrected chi connectivity index (χ1v) is 7.93. The molecule has 0 aliphatic carbocycles. The summed E-state index contributed by atoms with van der Waals surface area (Å²) in [5, 5.41) is 3.24. The van der Waals surface area contributed by atoms with Gasteiger partial charge in [-0.25, -0.2) is 8.42 Å². The highest BCUT2D eigenvalue weighted by atomic mass is 32.2. The Balaban J connectivity index is 2.68. The molecule has 0 saturated carbocycles. The van der Waals surface area contributed by atoms with E-state index < -0.39 is 9.84 Å². The maximum Gasteiger partial charge on any atom is 0.150 e. The molecule has 4 heteroatoms. The first kappa shape index (κ1) is 14.0. The van der Waals surface area contributed by atoms with Crippen LogP contribution in [0.2, 0.25) is 0 Å². The summed E-state index contributed by atoms with van der Waals surface area (Å²) in [5.74, 6) is 1.88. The normalized spacial score (nSPS) is 24.2. The molecule has 16 heavy (non-hydrogen) atoms. The molecular formula is C12H25NO2S. The Labute approximate surface area is 99.9 Å². The van der Waals surface area contributed by atoms with Crippen LogP contribution in [0.5, 0.6) is 0 Å². The Morgan fingerprint density at radius 1 is 1.25 bits per heavy atom. The van der Waals surface area contributed by atoms with Crippen molar-refractivity contribution in [3.63, 3.8) is 0 Å². The van der Waals surface area contributed by atoms with Gasteiger partial charge in [0.05, 0.1) is 11.5 Å². The van der Waals surface area contributed by atoms with E-state index in [0.717, 1.165) is 19.4 Å². The second-order valence-electron chi connectivity index (χ2n) is 6.02. The fourth-order valence-corrected chi connectivity index (χ4v) is 4.24. The minimum absolute atomic E-state index is 0.245. The van der Waals surface area contributed by atoms with Crippen LogP contribution < -0.4 is 5.32 Å². The van der Waals surface area contributed by atoms with Crippen LogP contribution in [0, 0.1) is 17.3 Å². The van der Waals surface area contributed by atoms with Gasteiger partial charge in [0, 0.05) is 0 Å². The van der Waals surface area contributed by atoms with Crippen molar-refractivity contribution in [2.45, 2.75) is 33.6 Å². The van der Waals surface area contributed by atoms with Gasteiger partial charge >= 0.3 is 0 Å². The van der Waals surface area contributed by atoms with Gasteiger partial charge in [-0.3, -0.25) is 0 Å². The van der Waals surface area contributed by atoms with Crippen molar-refractivity contribution in [2.24, 2.45) is 17.3 Å². The quantitative estimate of drug-likeness (QED) is 0.825. The van der Waals surface area contributed by atoms with Crippen molar-refractivity contribution < 1.29 is 8.42 Å². The molecule has 1 rings (SSSR count). The molecule has 1 fully saturated rings. The summed E-state index contributed by atoms with van der Waals surface area (Å²) in [7, 11) is -0.759. The van der Waals surface area contributed by atoms with Crippen LogP contribution in [0.1, 0.15) is 33.6 Å². The minimum atomic E-state index is -2.73. The molecule has 1 saturated heterocycles. The summed E-state index contributed by atoms with van der Waals surface area (Å²) in [5.41, 5.74) is 0.245. The van der Waals surface area contributed by atoms with Gasteiger partial charge in [-0.15, -0.1) is 0 Å². The smallest absolute Gasteiger partial charge is 0.150 e. The molecule has 3 nitrogen and oxygen atoms in total. The summed E-state index contributed by atoms with van der Waals surface area (Å²) in [4.78, 5) is 0. The van der Waals surface area contributed by atoms with E-state index in [0.29, 0.717) is 23.3 Å². The molecule has 0 aromatic heterocycles. The molecule has 96 valence electrons. The maximum absolute atomic E-state index is 11.4.